The van der Waals surface area contributed by atoms with Gasteiger partial charge in [-0.25, -0.2) is 0 Å². The van der Waals surface area contributed by atoms with Gasteiger partial charge in [-0.2, -0.15) is 0 Å². The van der Waals surface area contributed by atoms with Crippen molar-refractivity contribution in [1.82, 2.24) is 0 Å². The second-order valence-electron chi connectivity index (χ2n) is 4.04. The molecule has 1 aromatic rings. The highest BCUT2D eigenvalue weighted by Gasteiger charge is 2.39. The summed E-state index contributed by atoms with van der Waals surface area (Å²) in [4.78, 5) is 12.2. The lowest BCUT2D eigenvalue weighted by Gasteiger charge is -2.34. The highest BCUT2D eigenvalue weighted by Crippen LogP contribution is 2.27. The molecule has 1 aromatic heterocycles. The van der Waals surface area contributed by atoms with Crippen LogP contribution in [0.2, 0.25) is 0 Å². The van der Waals surface area contributed by atoms with E-state index in [1.165, 1.54) is 0 Å². The zero-order valence-electron chi connectivity index (χ0n) is 9.40. The number of ketones is 1. The summed E-state index contributed by atoms with van der Waals surface area (Å²) >= 11 is 0. The molecular formula is C12H16O4. The predicted octanol–water partition coefficient (Wildman–Crippen LogP) is 1.59. The van der Waals surface area contributed by atoms with Crippen LogP contribution in [0, 0.1) is 0 Å². The summed E-state index contributed by atoms with van der Waals surface area (Å²) in [7, 11) is 1.60. The molecule has 1 fully saturated rings. The molecular weight excluding hydrogens is 208 g/mol. The van der Waals surface area contributed by atoms with Gasteiger partial charge in [0.05, 0.1) is 12.5 Å². The van der Waals surface area contributed by atoms with Crippen molar-refractivity contribution >= 4 is 5.78 Å². The van der Waals surface area contributed by atoms with Gasteiger partial charge in [0, 0.05) is 39.6 Å². The average molecular weight is 224 g/mol. The van der Waals surface area contributed by atoms with Crippen LogP contribution >= 0.6 is 0 Å². The van der Waals surface area contributed by atoms with Crippen molar-refractivity contribution in [3.05, 3.63) is 24.2 Å². The molecule has 88 valence electrons. The van der Waals surface area contributed by atoms with Crippen LogP contribution in [-0.2, 0) is 20.7 Å². The van der Waals surface area contributed by atoms with Gasteiger partial charge in [-0.05, 0) is 11.6 Å². The maximum Gasteiger partial charge on any atom is 0.169 e. The number of hydrogen-bond donors (Lipinski definition) is 0. The molecule has 2 rings (SSSR count). The first-order valence-corrected chi connectivity index (χ1v) is 5.44. The van der Waals surface area contributed by atoms with E-state index >= 15 is 0 Å². The first-order valence-electron chi connectivity index (χ1n) is 5.44. The van der Waals surface area contributed by atoms with Gasteiger partial charge in [0.25, 0.3) is 0 Å². The van der Waals surface area contributed by atoms with E-state index in [0.29, 0.717) is 32.5 Å². The molecule has 0 radical (unpaired) electrons. The van der Waals surface area contributed by atoms with E-state index < -0.39 is 5.60 Å². The molecule has 2 heterocycles. The van der Waals surface area contributed by atoms with Gasteiger partial charge in [0.2, 0.25) is 0 Å². The summed E-state index contributed by atoms with van der Waals surface area (Å²) in [6.07, 6.45) is 4.82. The first kappa shape index (κ1) is 11.4. The van der Waals surface area contributed by atoms with E-state index in [0.717, 1.165) is 5.56 Å². The topological polar surface area (TPSA) is 48.7 Å². The van der Waals surface area contributed by atoms with Crippen molar-refractivity contribution in [1.29, 1.82) is 0 Å². The van der Waals surface area contributed by atoms with Gasteiger partial charge in [0.15, 0.2) is 5.78 Å². The minimum Gasteiger partial charge on any atom is -0.472 e. The van der Waals surface area contributed by atoms with Crippen LogP contribution in [-0.4, -0.2) is 31.7 Å². The Labute approximate surface area is 94.5 Å². The number of furan rings is 1. The summed E-state index contributed by atoms with van der Waals surface area (Å²) in [5, 5.41) is 0. The molecule has 0 amide bonds. The zero-order valence-corrected chi connectivity index (χ0v) is 9.40. The van der Waals surface area contributed by atoms with Crippen molar-refractivity contribution in [2.45, 2.75) is 24.9 Å². The second kappa shape index (κ2) is 4.80. The Balaban J connectivity index is 2.06. The molecule has 4 heteroatoms. The molecule has 16 heavy (non-hydrogen) atoms. The molecule has 4 nitrogen and oxygen atoms in total. The Morgan fingerprint density at radius 3 is 2.81 bits per heavy atom. The quantitative estimate of drug-likeness (QED) is 0.779. The maximum absolute atomic E-state index is 12.2. The molecule has 1 aliphatic rings. The molecule has 0 atom stereocenters. The Morgan fingerprint density at radius 2 is 2.25 bits per heavy atom. The third kappa shape index (κ3) is 2.18. The predicted molar refractivity (Wildman–Crippen MR) is 57.2 cm³/mol. The van der Waals surface area contributed by atoms with Crippen molar-refractivity contribution in [2.75, 3.05) is 20.3 Å². The van der Waals surface area contributed by atoms with E-state index in [2.05, 4.69) is 0 Å². The molecule has 0 bridgehead atoms. The van der Waals surface area contributed by atoms with E-state index in [4.69, 9.17) is 13.9 Å². The van der Waals surface area contributed by atoms with Crippen LogP contribution in [0.4, 0.5) is 0 Å². The van der Waals surface area contributed by atoms with Crippen LogP contribution in [0.1, 0.15) is 18.4 Å². The minimum absolute atomic E-state index is 0.111. The largest absolute Gasteiger partial charge is 0.472 e. The lowest BCUT2D eigenvalue weighted by molar-refractivity contribution is -0.151. The summed E-state index contributed by atoms with van der Waals surface area (Å²) in [5.74, 6) is 0.111. The summed E-state index contributed by atoms with van der Waals surface area (Å²) in [6, 6.07) is 1.81. The maximum atomic E-state index is 12.2. The summed E-state index contributed by atoms with van der Waals surface area (Å²) in [6.45, 7) is 1.18. The van der Waals surface area contributed by atoms with Crippen LogP contribution in [0.25, 0.3) is 0 Å². The third-order valence-electron chi connectivity index (χ3n) is 3.14. The van der Waals surface area contributed by atoms with Gasteiger partial charge >= 0.3 is 0 Å². The van der Waals surface area contributed by atoms with Gasteiger partial charge in [-0.3, -0.25) is 4.79 Å². The lowest BCUT2D eigenvalue weighted by Crippen LogP contribution is -2.46. The molecule has 0 saturated carbocycles. The van der Waals surface area contributed by atoms with Gasteiger partial charge in [-0.15, -0.1) is 0 Å². The first-order chi connectivity index (χ1) is 7.77. The van der Waals surface area contributed by atoms with Gasteiger partial charge in [-0.1, -0.05) is 0 Å². The van der Waals surface area contributed by atoms with Crippen LogP contribution in [0.15, 0.2) is 23.0 Å². The average Bonchev–Trinajstić information content (AvgIpc) is 2.82. The van der Waals surface area contributed by atoms with Crippen molar-refractivity contribution in [3.63, 3.8) is 0 Å². The smallest absolute Gasteiger partial charge is 0.169 e. The number of methoxy groups -OCH3 is 1. The monoisotopic (exact) mass is 224 g/mol. The van der Waals surface area contributed by atoms with Gasteiger partial charge < -0.3 is 13.9 Å². The van der Waals surface area contributed by atoms with Crippen molar-refractivity contribution in [2.24, 2.45) is 0 Å². The number of Topliss-reactive ketones (excluding diaryl/α,β-unsaturated/α-hetero) is 1. The molecule has 0 spiro atoms. The fraction of sp³-hybridized carbons (Fsp3) is 0.583. The van der Waals surface area contributed by atoms with Crippen LogP contribution in [0.3, 0.4) is 0 Å². The molecule has 0 aromatic carbocycles. The highest BCUT2D eigenvalue weighted by atomic mass is 16.5. The van der Waals surface area contributed by atoms with Crippen molar-refractivity contribution < 1.29 is 18.7 Å². The fourth-order valence-electron chi connectivity index (χ4n) is 2.04. The van der Waals surface area contributed by atoms with E-state index in [1.807, 2.05) is 0 Å². The fourth-order valence-corrected chi connectivity index (χ4v) is 2.04. The molecule has 0 aliphatic carbocycles. The molecule has 1 aliphatic heterocycles. The SMILES string of the molecule is COC1(C(=O)Cc2ccoc2)CCOCC1. The number of hydrogen-bond acceptors (Lipinski definition) is 4. The van der Waals surface area contributed by atoms with Crippen molar-refractivity contribution in [3.8, 4) is 0 Å². The third-order valence-corrected chi connectivity index (χ3v) is 3.14. The highest BCUT2D eigenvalue weighted by molar-refractivity contribution is 5.89. The molecule has 0 unspecified atom stereocenters. The van der Waals surface area contributed by atoms with Crippen LogP contribution in [0.5, 0.6) is 0 Å². The van der Waals surface area contributed by atoms with E-state index in [1.54, 1.807) is 25.7 Å². The Hall–Kier alpha value is -1.13. The summed E-state index contributed by atoms with van der Waals surface area (Å²) < 4.78 is 15.6. The second-order valence-corrected chi connectivity index (χ2v) is 4.04. The zero-order chi connectivity index (χ0) is 11.4. The number of carbonyl (C=O) groups is 1. The minimum atomic E-state index is -0.657. The number of ether oxygens (including phenoxy) is 2. The van der Waals surface area contributed by atoms with Crippen LogP contribution < -0.4 is 0 Å². The normalized spacial score (nSPS) is 19.6. The van der Waals surface area contributed by atoms with E-state index in [9.17, 15) is 4.79 Å². The Morgan fingerprint density at radius 1 is 1.50 bits per heavy atom. The molecule has 0 N–H and O–H groups in total. The standard InChI is InChI=1S/C12H16O4/c1-14-12(3-6-15-7-4-12)11(13)8-10-2-5-16-9-10/h2,5,9H,3-4,6-8H2,1H3. The Bertz CT molecular complexity index is 336. The number of rotatable bonds is 4. The number of carbonyl (C=O) groups excluding carboxylic acids is 1. The van der Waals surface area contributed by atoms with Gasteiger partial charge in [0.1, 0.15) is 5.60 Å². The molecule has 1 saturated heterocycles. The Kier molecular flexibility index (Phi) is 3.41. The van der Waals surface area contributed by atoms with E-state index in [-0.39, 0.29) is 5.78 Å². The summed E-state index contributed by atoms with van der Waals surface area (Å²) in [5.41, 5.74) is 0.239. The lowest BCUT2D eigenvalue weighted by atomic mass is 9.86.